The van der Waals surface area contributed by atoms with Gasteiger partial charge in [-0.1, -0.05) is 6.07 Å². The predicted molar refractivity (Wildman–Crippen MR) is 74.8 cm³/mol. The van der Waals surface area contributed by atoms with Gasteiger partial charge in [0.15, 0.2) is 0 Å². The van der Waals surface area contributed by atoms with Gasteiger partial charge in [0.05, 0.1) is 0 Å². The van der Waals surface area contributed by atoms with Crippen molar-refractivity contribution in [3.8, 4) is 11.1 Å². The summed E-state index contributed by atoms with van der Waals surface area (Å²) in [4.78, 5) is 22.2. The highest BCUT2D eigenvalue weighted by atomic mass is 16.2. The van der Waals surface area contributed by atoms with Crippen LogP contribution in [-0.2, 0) is 6.54 Å². The first-order valence-corrected chi connectivity index (χ1v) is 6.74. The summed E-state index contributed by atoms with van der Waals surface area (Å²) in [6, 6.07) is 6.37. The molecule has 0 spiro atoms. The number of rotatable bonds is 2. The van der Waals surface area contributed by atoms with Crippen LogP contribution in [0.4, 0.5) is 5.95 Å². The van der Waals surface area contributed by atoms with Crippen LogP contribution >= 0.6 is 0 Å². The van der Waals surface area contributed by atoms with Crippen LogP contribution in [0.15, 0.2) is 30.6 Å². The average Bonchev–Trinajstić information content (AvgIpc) is 3.25. The SMILES string of the molecule is Nc1ncc(-c2ccc3c(c2)CN(C2CC2)C3=O)cn1. The number of hydrogen-bond donors (Lipinski definition) is 1. The Kier molecular flexibility index (Phi) is 2.30. The summed E-state index contributed by atoms with van der Waals surface area (Å²) in [6.07, 6.45) is 5.69. The molecule has 0 saturated heterocycles. The molecule has 1 aromatic carbocycles. The van der Waals surface area contributed by atoms with Crippen molar-refractivity contribution in [3.63, 3.8) is 0 Å². The van der Waals surface area contributed by atoms with Crippen molar-refractivity contribution in [2.24, 2.45) is 0 Å². The molecule has 0 bridgehead atoms. The maximum absolute atomic E-state index is 12.3. The molecular weight excluding hydrogens is 252 g/mol. The molecule has 1 fully saturated rings. The molecule has 1 aliphatic heterocycles. The molecule has 1 saturated carbocycles. The van der Waals surface area contributed by atoms with Crippen molar-refractivity contribution in [2.45, 2.75) is 25.4 Å². The van der Waals surface area contributed by atoms with Crippen LogP contribution in [0.1, 0.15) is 28.8 Å². The zero-order chi connectivity index (χ0) is 13.7. The predicted octanol–water partition coefficient (Wildman–Crippen LogP) is 1.84. The van der Waals surface area contributed by atoms with E-state index in [1.807, 2.05) is 17.0 Å². The van der Waals surface area contributed by atoms with Crippen LogP contribution in [0.3, 0.4) is 0 Å². The molecule has 2 heterocycles. The maximum atomic E-state index is 12.3. The molecule has 2 aliphatic rings. The van der Waals surface area contributed by atoms with E-state index in [0.717, 1.165) is 41.6 Å². The minimum absolute atomic E-state index is 0.169. The third-order valence-corrected chi connectivity index (χ3v) is 3.93. The lowest BCUT2D eigenvalue weighted by Crippen LogP contribution is -2.25. The Hall–Kier alpha value is -2.43. The fraction of sp³-hybridized carbons (Fsp3) is 0.267. The second-order valence-corrected chi connectivity index (χ2v) is 5.37. The third-order valence-electron chi connectivity index (χ3n) is 3.93. The summed E-state index contributed by atoms with van der Waals surface area (Å²) < 4.78 is 0. The van der Waals surface area contributed by atoms with Crippen LogP contribution < -0.4 is 5.73 Å². The second kappa shape index (κ2) is 4.03. The Bertz CT molecular complexity index is 692. The summed E-state index contributed by atoms with van der Waals surface area (Å²) in [5, 5.41) is 0. The molecule has 5 nitrogen and oxygen atoms in total. The van der Waals surface area contributed by atoms with Gasteiger partial charge in [0.1, 0.15) is 0 Å². The minimum Gasteiger partial charge on any atom is -0.368 e. The first-order chi connectivity index (χ1) is 9.72. The largest absolute Gasteiger partial charge is 0.368 e. The molecule has 2 aromatic rings. The highest BCUT2D eigenvalue weighted by Gasteiger charge is 2.38. The van der Waals surface area contributed by atoms with E-state index in [9.17, 15) is 4.79 Å². The highest BCUT2D eigenvalue weighted by Crippen LogP contribution is 2.35. The first kappa shape index (κ1) is 11.4. The van der Waals surface area contributed by atoms with Gasteiger partial charge in [-0.3, -0.25) is 4.79 Å². The van der Waals surface area contributed by atoms with Gasteiger partial charge >= 0.3 is 0 Å². The van der Waals surface area contributed by atoms with Gasteiger partial charge in [-0.2, -0.15) is 0 Å². The summed E-state index contributed by atoms with van der Waals surface area (Å²) >= 11 is 0. The lowest BCUT2D eigenvalue weighted by molar-refractivity contribution is 0.0766. The van der Waals surface area contributed by atoms with E-state index in [-0.39, 0.29) is 11.9 Å². The number of nitrogens with zero attached hydrogens (tertiary/aromatic N) is 3. The van der Waals surface area contributed by atoms with Crippen molar-refractivity contribution >= 4 is 11.9 Å². The lowest BCUT2D eigenvalue weighted by atomic mass is 10.0. The van der Waals surface area contributed by atoms with Crippen molar-refractivity contribution in [1.82, 2.24) is 14.9 Å². The molecule has 1 aliphatic carbocycles. The molecule has 0 unspecified atom stereocenters. The average molecular weight is 266 g/mol. The summed E-state index contributed by atoms with van der Waals surface area (Å²) in [5.74, 6) is 0.438. The van der Waals surface area contributed by atoms with E-state index in [2.05, 4.69) is 16.0 Å². The highest BCUT2D eigenvalue weighted by molar-refractivity contribution is 5.99. The Labute approximate surface area is 116 Å². The van der Waals surface area contributed by atoms with Gasteiger partial charge in [0.25, 0.3) is 5.91 Å². The molecule has 0 atom stereocenters. The van der Waals surface area contributed by atoms with Gasteiger partial charge < -0.3 is 10.6 Å². The molecule has 100 valence electrons. The number of benzene rings is 1. The number of carbonyl (C=O) groups is 1. The normalized spacial score (nSPS) is 17.4. The second-order valence-electron chi connectivity index (χ2n) is 5.37. The van der Waals surface area contributed by atoms with Gasteiger partial charge in [-0.25, -0.2) is 9.97 Å². The fourth-order valence-corrected chi connectivity index (χ4v) is 2.69. The Morgan fingerprint density at radius 2 is 1.90 bits per heavy atom. The van der Waals surface area contributed by atoms with Crippen LogP contribution in [-0.4, -0.2) is 26.8 Å². The van der Waals surface area contributed by atoms with E-state index in [1.165, 1.54) is 0 Å². The number of nitrogens with two attached hydrogens (primary N) is 1. The molecule has 20 heavy (non-hydrogen) atoms. The van der Waals surface area contributed by atoms with Crippen molar-refractivity contribution in [3.05, 3.63) is 41.7 Å². The molecule has 4 rings (SSSR count). The van der Waals surface area contributed by atoms with Crippen LogP contribution in [0, 0.1) is 0 Å². The minimum atomic E-state index is 0.169. The number of fused-ring (bicyclic) bond motifs is 1. The van der Waals surface area contributed by atoms with E-state index in [0.29, 0.717) is 6.04 Å². The number of amides is 1. The molecule has 5 heteroatoms. The molecule has 2 N–H and O–H groups in total. The quantitative estimate of drug-likeness (QED) is 0.900. The number of anilines is 1. The number of nitrogen functional groups attached to an aromatic ring is 1. The zero-order valence-electron chi connectivity index (χ0n) is 10.9. The van der Waals surface area contributed by atoms with Crippen LogP contribution in [0.2, 0.25) is 0 Å². The van der Waals surface area contributed by atoms with Crippen LogP contribution in [0.25, 0.3) is 11.1 Å². The molecular formula is C15H14N4O. The van der Waals surface area contributed by atoms with Gasteiger partial charge in [0.2, 0.25) is 5.95 Å². The van der Waals surface area contributed by atoms with Crippen molar-refractivity contribution < 1.29 is 4.79 Å². The van der Waals surface area contributed by atoms with Crippen molar-refractivity contribution in [1.29, 1.82) is 0 Å². The lowest BCUT2D eigenvalue weighted by Gasteiger charge is -2.13. The van der Waals surface area contributed by atoms with E-state index < -0.39 is 0 Å². The number of hydrogen-bond acceptors (Lipinski definition) is 4. The Morgan fingerprint density at radius 1 is 1.15 bits per heavy atom. The summed E-state index contributed by atoms with van der Waals surface area (Å²) in [6.45, 7) is 0.725. The molecule has 0 radical (unpaired) electrons. The van der Waals surface area contributed by atoms with Crippen LogP contribution in [0.5, 0.6) is 0 Å². The number of carbonyl (C=O) groups excluding carboxylic acids is 1. The zero-order valence-corrected chi connectivity index (χ0v) is 10.9. The van der Waals surface area contributed by atoms with Crippen molar-refractivity contribution in [2.75, 3.05) is 5.73 Å². The molecule has 1 amide bonds. The van der Waals surface area contributed by atoms with E-state index in [1.54, 1.807) is 12.4 Å². The van der Waals surface area contributed by atoms with Gasteiger partial charge in [0, 0.05) is 36.1 Å². The summed E-state index contributed by atoms with van der Waals surface area (Å²) in [7, 11) is 0. The maximum Gasteiger partial charge on any atom is 0.254 e. The monoisotopic (exact) mass is 266 g/mol. The number of aromatic nitrogens is 2. The van der Waals surface area contributed by atoms with E-state index in [4.69, 9.17) is 5.73 Å². The standard InChI is InChI=1S/C15H14N4O/c16-15-17-6-11(7-18-15)9-1-4-13-10(5-9)8-19(14(13)20)12-2-3-12/h1,4-7,12H,2-3,8H2,(H2,16,17,18). The Morgan fingerprint density at radius 3 is 2.60 bits per heavy atom. The fourth-order valence-electron chi connectivity index (χ4n) is 2.69. The third kappa shape index (κ3) is 1.74. The smallest absolute Gasteiger partial charge is 0.254 e. The van der Waals surface area contributed by atoms with Gasteiger partial charge in [-0.15, -0.1) is 0 Å². The Balaban J connectivity index is 1.71. The first-order valence-electron chi connectivity index (χ1n) is 6.74. The van der Waals surface area contributed by atoms with E-state index >= 15 is 0 Å². The summed E-state index contributed by atoms with van der Waals surface area (Å²) in [5.41, 5.74) is 9.36. The molecule has 1 aromatic heterocycles. The topological polar surface area (TPSA) is 72.1 Å². The van der Waals surface area contributed by atoms with Gasteiger partial charge in [-0.05, 0) is 36.1 Å².